The number of ether oxygens (including phenoxy) is 1. The molecule has 0 unspecified atom stereocenters. The zero-order valence-corrected chi connectivity index (χ0v) is 11.8. The summed E-state index contributed by atoms with van der Waals surface area (Å²) in [7, 11) is 1.37. The monoisotopic (exact) mass is 286 g/mol. The number of hydrogen-bond acceptors (Lipinski definition) is 5. The summed E-state index contributed by atoms with van der Waals surface area (Å²) in [6.07, 6.45) is 0. The average Bonchev–Trinajstić information content (AvgIpc) is 2.88. The highest BCUT2D eigenvalue weighted by Crippen LogP contribution is 2.22. The summed E-state index contributed by atoms with van der Waals surface area (Å²) in [6, 6.07) is 16.8. The Hall–Kier alpha value is -2.40. The van der Waals surface area contributed by atoms with Crippen molar-refractivity contribution in [1.29, 1.82) is 0 Å². The zero-order chi connectivity index (χ0) is 14.4. The summed E-state index contributed by atoms with van der Waals surface area (Å²) in [5.74, 6) is -0.291. The molecule has 0 saturated carbocycles. The van der Waals surface area contributed by atoms with Gasteiger partial charge in [-0.25, -0.2) is 9.78 Å². The van der Waals surface area contributed by atoms with Crippen molar-refractivity contribution in [2.75, 3.05) is 12.8 Å². The van der Waals surface area contributed by atoms with Gasteiger partial charge in [0.15, 0.2) is 5.13 Å². The Kier molecular flexibility index (Phi) is 4.68. The van der Waals surface area contributed by atoms with Crippen molar-refractivity contribution < 1.29 is 9.53 Å². The Morgan fingerprint density at radius 2 is 1.75 bits per heavy atom. The summed E-state index contributed by atoms with van der Waals surface area (Å²) < 4.78 is 5.65. The maximum absolute atomic E-state index is 10.8. The number of aromatic nitrogens is 1. The smallest absolute Gasteiger partial charge is 0.337 e. The van der Waals surface area contributed by atoms with Crippen LogP contribution >= 0.6 is 11.3 Å². The Bertz CT molecular complexity index is 662. The van der Waals surface area contributed by atoms with Gasteiger partial charge in [0, 0.05) is 0 Å². The molecule has 0 aliphatic heterocycles. The van der Waals surface area contributed by atoms with Crippen LogP contribution in [0, 0.1) is 0 Å². The Morgan fingerprint density at radius 3 is 2.40 bits per heavy atom. The van der Waals surface area contributed by atoms with Gasteiger partial charge in [-0.3, -0.25) is 0 Å². The number of nitrogens with zero attached hydrogens (tertiary/aromatic N) is 1. The van der Waals surface area contributed by atoms with Gasteiger partial charge in [-0.2, -0.15) is 0 Å². The molecule has 2 N–H and O–H groups in total. The van der Waals surface area contributed by atoms with E-state index in [2.05, 4.69) is 9.72 Å². The minimum atomic E-state index is -0.291. The first-order valence-electron chi connectivity index (χ1n) is 5.95. The number of carbonyl (C=O) groups is 1. The van der Waals surface area contributed by atoms with Crippen LogP contribution in [0.5, 0.6) is 0 Å². The van der Waals surface area contributed by atoms with E-state index in [1.54, 1.807) is 24.3 Å². The van der Waals surface area contributed by atoms with Crippen LogP contribution in [0.3, 0.4) is 0 Å². The third kappa shape index (κ3) is 3.55. The summed E-state index contributed by atoms with van der Waals surface area (Å²) in [5, 5.41) is 0.640. The summed E-state index contributed by atoms with van der Waals surface area (Å²) >= 11 is 1.52. The number of carbonyl (C=O) groups excluding carboxylic acids is 1. The summed E-state index contributed by atoms with van der Waals surface area (Å²) in [4.78, 5) is 14.9. The van der Waals surface area contributed by atoms with E-state index >= 15 is 0 Å². The predicted molar refractivity (Wildman–Crippen MR) is 81.8 cm³/mol. The van der Waals surface area contributed by atoms with Crippen molar-refractivity contribution in [1.82, 2.24) is 4.98 Å². The number of methoxy groups -OCH3 is 1. The Balaban J connectivity index is 0.000000147. The van der Waals surface area contributed by atoms with Crippen LogP contribution in [0.25, 0.3) is 10.2 Å². The standard InChI is InChI=1S/C8H8O2.C7H6N2S/c1-10-8(9)7-5-3-2-4-6-7;8-7-9-5-3-1-2-4-6(5)10-7/h2-6H,1H3;1-4H,(H2,8,9). The van der Waals surface area contributed by atoms with Crippen LogP contribution in [0.1, 0.15) is 10.4 Å². The number of para-hydroxylation sites is 1. The largest absolute Gasteiger partial charge is 0.465 e. The minimum Gasteiger partial charge on any atom is -0.465 e. The molecule has 0 bridgehead atoms. The number of fused-ring (bicyclic) bond motifs is 1. The van der Waals surface area contributed by atoms with Crippen LogP contribution in [0.4, 0.5) is 5.13 Å². The van der Waals surface area contributed by atoms with E-state index < -0.39 is 0 Å². The van der Waals surface area contributed by atoms with E-state index in [1.165, 1.54) is 18.4 Å². The molecular formula is C15H14N2O2S. The van der Waals surface area contributed by atoms with Crippen LogP contribution in [0.15, 0.2) is 54.6 Å². The van der Waals surface area contributed by atoms with Gasteiger partial charge in [0.25, 0.3) is 0 Å². The lowest BCUT2D eigenvalue weighted by molar-refractivity contribution is 0.0600. The molecule has 0 spiro atoms. The SMILES string of the molecule is COC(=O)c1ccccc1.Nc1nc2ccccc2s1. The predicted octanol–water partition coefficient (Wildman–Crippen LogP) is 3.35. The summed E-state index contributed by atoms with van der Waals surface area (Å²) in [6.45, 7) is 0. The number of rotatable bonds is 1. The third-order valence-electron chi connectivity index (χ3n) is 2.51. The number of anilines is 1. The molecular weight excluding hydrogens is 272 g/mol. The fraction of sp³-hybridized carbons (Fsp3) is 0.0667. The third-order valence-corrected chi connectivity index (χ3v) is 3.37. The van der Waals surface area contributed by atoms with Crippen LogP contribution in [-0.4, -0.2) is 18.1 Å². The normalized spacial score (nSPS) is 9.65. The number of hydrogen-bond donors (Lipinski definition) is 1. The van der Waals surface area contributed by atoms with Gasteiger partial charge in [-0.1, -0.05) is 41.7 Å². The first-order chi connectivity index (χ1) is 9.70. The molecule has 1 heterocycles. The number of esters is 1. The van der Waals surface area contributed by atoms with Gasteiger partial charge >= 0.3 is 5.97 Å². The molecule has 0 fully saturated rings. The van der Waals surface area contributed by atoms with Crippen LogP contribution < -0.4 is 5.73 Å². The van der Waals surface area contributed by atoms with Crippen LogP contribution in [-0.2, 0) is 4.74 Å². The molecule has 20 heavy (non-hydrogen) atoms. The highest BCUT2D eigenvalue weighted by Gasteiger charge is 2.00. The molecule has 0 aliphatic carbocycles. The highest BCUT2D eigenvalue weighted by molar-refractivity contribution is 7.22. The van der Waals surface area contributed by atoms with E-state index in [4.69, 9.17) is 5.73 Å². The number of nitrogen functional groups attached to an aromatic ring is 1. The fourth-order valence-corrected chi connectivity index (χ4v) is 2.32. The summed E-state index contributed by atoms with van der Waals surface area (Å²) in [5.41, 5.74) is 7.08. The molecule has 1 aromatic heterocycles. The van der Waals surface area contributed by atoms with Crippen molar-refractivity contribution in [3.8, 4) is 0 Å². The first-order valence-corrected chi connectivity index (χ1v) is 6.77. The molecule has 0 radical (unpaired) electrons. The molecule has 2 aromatic carbocycles. The minimum absolute atomic E-state index is 0.291. The van der Waals surface area contributed by atoms with Crippen molar-refractivity contribution in [3.05, 3.63) is 60.2 Å². The van der Waals surface area contributed by atoms with E-state index in [9.17, 15) is 4.79 Å². The number of thiazole rings is 1. The second-order valence-corrected chi connectivity index (χ2v) is 4.94. The fourth-order valence-electron chi connectivity index (χ4n) is 1.58. The Labute approximate surface area is 120 Å². The maximum atomic E-state index is 10.8. The zero-order valence-electron chi connectivity index (χ0n) is 10.9. The van der Waals surface area contributed by atoms with Gasteiger partial charge in [0.05, 0.1) is 22.9 Å². The molecule has 3 aromatic rings. The lowest BCUT2D eigenvalue weighted by Gasteiger charge is -1.95. The molecule has 0 aliphatic rings. The van der Waals surface area contributed by atoms with E-state index in [0.717, 1.165) is 10.2 Å². The molecule has 4 nitrogen and oxygen atoms in total. The highest BCUT2D eigenvalue weighted by atomic mass is 32.1. The van der Waals surface area contributed by atoms with Gasteiger partial charge in [0.2, 0.25) is 0 Å². The molecule has 3 rings (SSSR count). The Morgan fingerprint density at radius 1 is 1.10 bits per heavy atom. The topological polar surface area (TPSA) is 65.2 Å². The lowest BCUT2D eigenvalue weighted by atomic mass is 10.2. The molecule has 0 atom stereocenters. The molecule has 102 valence electrons. The second kappa shape index (κ2) is 6.68. The van der Waals surface area contributed by atoms with Crippen LogP contribution in [0.2, 0.25) is 0 Å². The van der Waals surface area contributed by atoms with Crippen molar-refractivity contribution in [2.24, 2.45) is 0 Å². The second-order valence-electron chi connectivity index (χ2n) is 3.88. The van der Waals surface area contributed by atoms with Crippen molar-refractivity contribution >= 4 is 32.7 Å². The van der Waals surface area contributed by atoms with Crippen molar-refractivity contribution in [3.63, 3.8) is 0 Å². The van der Waals surface area contributed by atoms with Gasteiger partial charge < -0.3 is 10.5 Å². The van der Waals surface area contributed by atoms with Gasteiger partial charge in [-0.15, -0.1) is 0 Å². The van der Waals surface area contributed by atoms with E-state index in [-0.39, 0.29) is 5.97 Å². The molecule has 5 heteroatoms. The maximum Gasteiger partial charge on any atom is 0.337 e. The number of nitrogens with two attached hydrogens (primary N) is 1. The quantitative estimate of drug-likeness (QED) is 0.697. The van der Waals surface area contributed by atoms with Crippen molar-refractivity contribution in [2.45, 2.75) is 0 Å². The van der Waals surface area contributed by atoms with E-state index in [1.807, 2.05) is 30.3 Å². The average molecular weight is 286 g/mol. The van der Waals surface area contributed by atoms with Gasteiger partial charge in [0.1, 0.15) is 0 Å². The molecule has 0 saturated heterocycles. The van der Waals surface area contributed by atoms with Gasteiger partial charge in [-0.05, 0) is 24.3 Å². The lowest BCUT2D eigenvalue weighted by Crippen LogP contribution is -1.99. The first kappa shape index (κ1) is 14.0. The number of benzene rings is 2. The molecule has 0 amide bonds. The van der Waals surface area contributed by atoms with E-state index in [0.29, 0.717) is 10.7 Å².